The van der Waals surface area contributed by atoms with Crippen LogP contribution in [0.15, 0.2) is 30.4 Å². The maximum Gasteiger partial charge on any atom is 0.231 e. The van der Waals surface area contributed by atoms with Crippen LogP contribution in [0.4, 0.5) is 0 Å². The predicted octanol–water partition coefficient (Wildman–Crippen LogP) is 3.67. The van der Waals surface area contributed by atoms with Crippen LogP contribution in [0.2, 0.25) is 0 Å². The number of benzene rings is 1. The Labute approximate surface area is 127 Å². The number of hydrogen-bond acceptors (Lipinski definition) is 3. The number of ether oxygens (including phenoxy) is 2. The first-order valence-corrected chi connectivity index (χ1v) is 7.26. The molecule has 0 fully saturated rings. The Hall–Kier alpha value is -1.92. The highest BCUT2D eigenvalue weighted by molar-refractivity contribution is 5.45. The van der Waals surface area contributed by atoms with Gasteiger partial charge >= 0.3 is 0 Å². The molecule has 0 unspecified atom stereocenters. The Morgan fingerprint density at radius 3 is 2.81 bits per heavy atom. The van der Waals surface area contributed by atoms with Crippen LogP contribution in [0.1, 0.15) is 39.3 Å². The van der Waals surface area contributed by atoms with Crippen molar-refractivity contribution in [2.24, 2.45) is 5.41 Å². The molecule has 0 amide bonds. The summed E-state index contributed by atoms with van der Waals surface area (Å²) in [7, 11) is 0. The van der Waals surface area contributed by atoms with Crippen LogP contribution in [-0.4, -0.2) is 13.3 Å². The second-order valence-corrected chi connectivity index (χ2v) is 6.16. The van der Waals surface area contributed by atoms with Crippen molar-refractivity contribution in [3.8, 4) is 23.3 Å². The lowest BCUT2D eigenvalue weighted by Gasteiger charge is -2.13. The standard InChI is InChI=1S/C18H23NO2/c1-14(19-11-7-5-6-10-18(2,3)4)15-8-9-16-17(12-15)21-13-20-16/h5,7-9,12,14,19H,11,13H2,1-4H3/b7-5-/t14-/m1/s1. The molecular weight excluding hydrogens is 262 g/mol. The van der Waals surface area contributed by atoms with Gasteiger partial charge in [0.25, 0.3) is 0 Å². The minimum absolute atomic E-state index is 0.0531. The zero-order valence-electron chi connectivity index (χ0n) is 13.2. The van der Waals surface area contributed by atoms with E-state index in [2.05, 4.69) is 50.9 Å². The highest BCUT2D eigenvalue weighted by Gasteiger charge is 2.15. The van der Waals surface area contributed by atoms with Crippen molar-refractivity contribution in [2.45, 2.75) is 33.7 Å². The van der Waals surface area contributed by atoms with Crippen LogP contribution < -0.4 is 14.8 Å². The fraction of sp³-hybridized carbons (Fsp3) is 0.444. The first-order valence-electron chi connectivity index (χ1n) is 7.26. The van der Waals surface area contributed by atoms with Gasteiger partial charge in [-0.15, -0.1) is 0 Å². The van der Waals surface area contributed by atoms with Crippen LogP contribution in [-0.2, 0) is 0 Å². The van der Waals surface area contributed by atoms with E-state index in [1.165, 1.54) is 5.56 Å². The molecule has 1 atom stereocenters. The average molecular weight is 285 g/mol. The lowest BCUT2D eigenvalue weighted by atomic mass is 9.98. The van der Waals surface area contributed by atoms with E-state index in [0.717, 1.165) is 18.0 Å². The van der Waals surface area contributed by atoms with Gasteiger partial charge in [-0.2, -0.15) is 0 Å². The molecule has 3 heteroatoms. The minimum atomic E-state index is 0.0531. The maximum absolute atomic E-state index is 5.40. The number of rotatable bonds is 4. The third-order valence-corrected chi connectivity index (χ3v) is 3.09. The van der Waals surface area contributed by atoms with E-state index in [1.807, 2.05) is 24.3 Å². The molecule has 2 rings (SSSR count). The van der Waals surface area contributed by atoms with E-state index < -0.39 is 0 Å². The molecule has 0 aliphatic carbocycles. The van der Waals surface area contributed by atoms with Crippen LogP contribution >= 0.6 is 0 Å². The van der Waals surface area contributed by atoms with Crippen molar-refractivity contribution in [1.82, 2.24) is 5.32 Å². The predicted molar refractivity (Wildman–Crippen MR) is 85.4 cm³/mol. The lowest BCUT2D eigenvalue weighted by molar-refractivity contribution is 0.174. The van der Waals surface area contributed by atoms with Gasteiger partial charge in [-0.1, -0.05) is 24.0 Å². The van der Waals surface area contributed by atoms with Crippen LogP contribution in [0.5, 0.6) is 11.5 Å². The molecule has 1 N–H and O–H groups in total. The highest BCUT2D eigenvalue weighted by atomic mass is 16.7. The quantitative estimate of drug-likeness (QED) is 0.856. The van der Waals surface area contributed by atoms with Gasteiger partial charge in [0.2, 0.25) is 6.79 Å². The van der Waals surface area contributed by atoms with Crippen LogP contribution in [0.25, 0.3) is 0 Å². The summed E-state index contributed by atoms with van der Waals surface area (Å²) in [5, 5.41) is 3.44. The molecule has 0 saturated heterocycles. The van der Waals surface area contributed by atoms with Crippen molar-refractivity contribution in [1.29, 1.82) is 0 Å². The Balaban J connectivity index is 1.83. The van der Waals surface area contributed by atoms with Gasteiger partial charge < -0.3 is 14.8 Å². The molecule has 0 bridgehead atoms. The first kappa shape index (κ1) is 15.5. The van der Waals surface area contributed by atoms with E-state index >= 15 is 0 Å². The van der Waals surface area contributed by atoms with Crippen molar-refractivity contribution in [2.75, 3.05) is 13.3 Å². The molecule has 0 radical (unpaired) electrons. The molecule has 1 aliphatic heterocycles. The topological polar surface area (TPSA) is 30.5 Å². The van der Waals surface area contributed by atoms with E-state index in [1.54, 1.807) is 0 Å². The smallest absolute Gasteiger partial charge is 0.231 e. The van der Waals surface area contributed by atoms with E-state index in [0.29, 0.717) is 6.79 Å². The third kappa shape index (κ3) is 4.84. The lowest BCUT2D eigenvalue weighted by Crippen LogP contribution is -2.18. The zero-order valence-corrected chi connectivity index (χ0v) is 13.2. The molecule has 21 heavy (non-hydrogen) atoms. The third-order valence-electron chi connectivity index (χ3n) is 3.09. The molecule has 1 heterocycles. The molecule has 1 aliphatic rings. The summed E-state index contributed by atoms with van der Waals surface area (Å²) in [6.45, 7) is 9.55. The summed E-state index contributed by atoms with van der Waals surface area (Å²) in [5.74, 6) is 7.89. The number of hydrogen-bond donors (Lipinski definition) is 1. The van der Waals surface area contributed by atoms with Gasteiger partial charge in [-0.25, -0.2) is 0 Å². The Morgan fingerprint density at radius 1 is 1.29 bits per heavy atom. The fourth-order valence-electron chi connectivity index (χ4n) is 1.92. The molecule has 1 aromatic carbocycles. The number of allylic oxidation sites excluding steroid dienone is 1. The van der Waals surface area contributed by atoms with Crippen molar-refractivity contribution < 1.29 is 9.47 Å². The van der Waals surface area contributed by atoms with E-state index in [4.69, 9.17) is 9.47 Å². The number of fused-ring (bicyclic) bond motifs is 1. The summed E-state index contributed by atoms with van der Waals surface area (Å²) in [6.07, 6.45) is 3.95. The molecule has 0 aromatic heterocycles. The van der Waals surface area contributed by atoms with Gasteiger partial charge in [-0.05, 0) is 51.5 Å². The normalized spacial score (nSPS) is 14.9. The summed E-state index contributed by atoms with van der Waals surface area (Å²) in [6, 6.07) is 6.30. The van der Waals surface area contributed by atoms with Crippen molar-refractivity contribution >= 4 is 0 Å². The van der Waals surface area contributed by atoms with Gasteiger partial charge in [0.15, 0.2) is 11.5 Å². The van der Waals surface area contributed by atoms with E-state index in [-0.39, 0.29) is 11.5 Å². The molecule has 0 saturated carbocycles. The van der Waals surface area contributed by atoms with Crippen LogP contribution in [0.3, 0.4) is 0 Å². The fourth-order valence-corrected chi connectivity index (χ4v) is 1.92. The maximum atomic E-state index is 5.40. The van der Waals surface area contributed by atoms with Crippen LogP contribution in [0, 0.1) is 17.3 Å². The first-order chi connectivity index (χ1) is 9.96. The molecule has 112 valence electrons. The molecule has 1 aromatic rings. The summed E-state index contributed by atoms with van der Waals surface area (Å²) in [4.78, 5) is 0. The second kappa shape index (κ2) is 6.69. The molecule has 3 nitrogen and oxygen atoms in total. The Kier molecular flexibility index (Phi) is 4.93. The average Bonchev–Trinajstić information content (AvgIpc) is 2.88. The Morgan fingerprint density at radius 2 is 2.05 bits per heavy atom. The van der Waals surface area contributed by atoms with Gasteiger partial charge in [0.05, 0.1) is 0 Å². The summed E-state index contributed by atoms with van der Waals surface area (Å²) >= 11 is 0. The van der Waals surface area contributed by atoms with Crippen molar-refractivity contribution in [3.05, 3.63) is 35.9 Å². The second-order valence-electron chi connectivity index (χ2n) is 6.16. The van der Waals surface area contributed by atoms with Gasteiger partial charge in [0.1, 0.15) is 0 Å². The summed E-state index contributed by atoms with van der Waals surface area (Å²) in [5.41, 5.74) is 1.24. The van der Waals surface area contributed by atoms with Crippen molar-refractivity contribution in [3.63, 3.8) is 0 Å². The van der Waals surface area contributed by atoms with E-state index in [9.17, 15) is 0 Å². The SMILES string of the molecule is C[C@@H](NC/C=C\C#CC(C)(C)C)c1ccc2c(c1)OCO2. The van der Waals surface area contributed by atoms with Gasteiger partial charge in [0, 0.05) is 18.0 Å². The number of nitrogens with one attached hydrogen (secondary N) is 1. The monoisotopic (exact) mass is 285 g/mol. The Bertz CT molecular complexity index is 573. The molecular formula is C18H23NO2. The largest absolute Gasteiger partial charge is 0.454 e. The van der Waals surface area contributed by atoms with Gasteiger partial charge in [-0.3, -0.25) is 0 Å². The zero-order chi connectivity index (χ0) is 15.3. The minimum Gasteiger partial charge on any atom is -0.454 e. The highest BCUT2D eigenvalue weighted by Crippen LogP contribution is 2.34. The molecule has 0 spiro atoms. The summed E-state index contributed by atoms with van der Waals surface area (Å²) < 4.78 is 10.7.